The van der Waals surface area contributed by atoms with Crippen LogP contribution in [0.3, 0.4) is 0 Å². The first-order valence-corrected chi connectivity index (χ1v) is 6.69. The van der Waals surface area contributed by atoms with Gasteiger partial charge in [0.2, 0.25) is 0 Å². The van der Waals surface area contributed by atoms with Gasteiger partial charge in [-0.25, -0.2) is 0 Å². The van der Waals surface area contributed by atoms with Crippen molar-refractivity contribution in [2.45, 2.75) is 32.6 Å². The standard InChI is InChI=1S/C14H21NO4/c1-2-3-4-5-10-18-11-12-19-14-8-6-13(7-9-14)15(16)17/h6-9H,2-5,10-12H2,1H3. The maximum absolute atomic E-state index is 10.5. The minimum atomic E-state index is -0.427. The van der Waals surface area contributed by atoms with Gasteiger partial charge in [0.25, 0.3) is 5.69 Å². The number of benzene rings is 1. The summed E-state index contributed by atoms with van der Waals surface area (Å²) in [5, 5.41) is 10.5. The van der Waals surface area contributed by atoms with Crippen molar-refractivity contribution in [3.63, 3.8) is 0 Å². The fraction of sp³-hybridized carbons (Fsp3) is 0.571. The Balaban J connectivity index is 2.07. The minimum absolute atomic E-state index is 0.0690. The van der Waals surface area contributed by atoms with Crippen LogP contribution in [-0.2, 0) is 4.74 Å². The number of ether oxygens (including phenoxy) is 2. The number of rotatable bonds is 10. The third-order valence-corrected chi connectivity index (χ3v) is 2.69. The van der Waals surface area contributed by atoms with Crippen molar-refractivity contribution in [1.29, 1.82) is 0 Å². The monoisotopic (exact) mass is 267 g/mol. The van der Waals surface area contributed by atoms with Crippen molar-refractivity contribution < 1.29 is 14.4 Å². The van der Waals surface area contributed by atoms with Crippen LogP contribution >= 0.6 is 0 Å². The number of hydrogen-bond acceptors (Lipinski definition) is 4. The Labute approximate surface area is 113 Å². The molecule has 0 saturated heterocycles. The highest BCUT2D eigenvalue weighted by molar-refractivity contribution is 5.35. The molecule has 1 aromatic carbocycles. The van der Waals surface area contributed by atoms with Gasteiger partial charge in [0.1, 0.15) is 12.4 Å². The Morgan fingerprint density at radius 1 is 1.05 bits per heavy atom. The molecule has 0 aliphatic heterocycles. The number of hydrogen-bond donors (Lipinski definition) is 0. The first kappa shape index (κ1) is 15.4. The van der Waals surface area contributed by atoms with Crippen molar-refractivity contribution in [2.75, 3.05) is 19.8 Å². The zero-order valence-corrected chi connectivity index (χ0v) is 11.3. The number of non-ortho nitro benzene ring substituents is 1. The lowest BCUT2D eigenvalue weighted by molar-refractivity contribution is -0.384. The summed E-state index contributed by atoms with van der Waals surface area (Å²) in [7, 11) is 0. The van der Waals surface area contributed by atoms with Gasteiger partial charge >= 0.3 is 0 Å². The summed E-state index contributed by atoms with van der Waals surface area (Å²) in [6.45, 7) is 3.96. The first-order valence-electron chi connectivity index (χ1n) is 6.69. The summed E-state index contributed by atoms with van der Waals surface area (Å²) in [6.07, 6.45) is 4.77. The highest BCUT2D eigenvalue weighted by Gasteiger charge is 2.03. The second-order valence-corrected chi connectivity index (χ2v) is 4.27. The van der Waals surface area contributed by atoms with Crippen LogP contribution in [0.5, 0.6) is 5.75 Å². The van der Waals surface area contributed by atoms with E-state index >= 15 is 0 Å². The van der Waals surface area contributed by atoms with Crippen molar-refractivity contribution in [3.05, 3.63) is 34.4 Å². The molecule has 0 bridgehead atoms. The van der Waals surface area contributed by atoms with Crippen LogP contribution in [0.15, 0.2) is 24.3 Å². The lowest BCUT2D eigenvalue weighted by Gasteiger charge is -2.06. The molecule has 0 fully saturated rings. The summed E-state index contributed by atoms with van der Waals surface area (Å²) in [6, 6.07) is 6.06. The van der Waals surface area contributed by atoms with Crippen molar-refractivity contribution in [2.24, 2.45) is 0 Å². The molecular weight excluding hydrogens is 246 g/mol. The lowest BCUT2D eigenvalue weighted by Crippen LogP contribution is -2.07. The quantitative estimate of drug-likeness (QED) is 0.369. The Morgan fingerprint density at radius 2 is 1.79 bits per heavy atom. The van der Waals surface area contributed by atoms with Gasteiger partial charge in [0.15, 0.2) is 0 Å². The zero-order chi connectivity index (χ0) is 13.9. The van der Waals surface area contributed by atoms with E-state index in [2.05, 4.69) is 6.92 Å². The Bertz CT molecular complexity index is 364. The summed E-state index contributed by atoms with van der Waals surface area (Å²) >= 11 is 0. The maximum Gasteiger partial charge on any atom is 0.269 e. The molecule has 0 amide bonds. The highest BCUT2D eigenvalue weighted by atomic mass is 16.6. The summed E-state index contributed by atoms with van der Waals surface area (Å²) in [5.74, 6) is 0.625. The molecule has 0 spiro atoms. The zero-order valence-electron chi connectivity index (χ0n) is 11.3. The molecule has 0 heterocycles. The van der Waals surface area contributed by atoms with E-state index in [1.165, 1.54) is 31.4 Å². The van der Waals surface area contributed by atoms with E-state index in [1.54, 1.807) is 12.1 Å². The number of nitrogens with zero attached hydrogens (tertiary/aromatic N) is 1. The molecule has 1 aromatic rings. The molecule has 5 heteroatoms. The van der Waals surface area contributed by atoms with Crippen molar-refractivity contribution in [3.8, 4) is 5.75 Å². The first-order chi connectivity index (χ1) is 9.24. The van der Waals surface area contributed by atoms with Crippen LogP contribution in [0.2, 0.25) is 0 Å². The molecule has 0 aliphatic carbocycles. The predicted molar refractivity (Wildman–Crippen MR) is 73.6 cm³/mol. The molecule has 5 nitrogen and oxygen atoms in total. The SMILES string of the molecule is CCCCCCOCCOc1ccc([N+](=O)[O-])cc1. The van der Waals surface area contributed by atoms with Gasteiger partial charge in [-0.2, -0.15) is 0 Å². The summed E-state index contributed by atoms with van der Waals surface area (Å²) in [4.78, 5) is 10.0. The lowest BCUT2D eigenvalue weighted by atomic mass is 10.2. The fourth-order valence-electron chi connectivity index (χ4n) is 1.62. The topological polar surface area (TPSA) is 61.6 Å². The average molecular weight is 267 g/mol. The second-order valence-electron chi connectivity index (χ2n) is 4.27. The van der Waals surface area contributed by atoms with Crippen LogP contribution < -0.4 is 4.74 Å². The Kier molecular flexibility index (Phi) is 7.58. The van der Waals surface area contributed by atoms with Crippen LogP contribution in [0.4, 0.5) is 5.69 Å². The summed E-state index contributed by atoms with van der Waals surface area (Å²) < 4.78 is 10.9. The van der Waals surface area contributed by atoms with Crippen LogP contribution in [-0.4, -0.2) is 24.7 Å². The predicted octanol–water partition coefficient (Wildman–Crippen LogP) is 3.57. The van der Waals surface area contributed by atoms with E-state index in [0.29, 0.717) is 19.0 Å². The number of unbranched alkanes of at least 4 members (excludes halogenated alkanes) is 3. The minimum Gasteiger partial charge on any atom is -0.491 e. The third-order valence-electron chi connectivity index (χ3n) is 2.69. The van der Waals surface area contributed by atoms with Gasteiger partial charge < -0.3 is 9.47 Å². The second kappa shape index (κ2) is 9.33. The van der Waals surface area contributed by atoms with Crippen molar-refractivity contribution >= 4 is 5.69 Å². The molecule has 0 atom stereocenters. The average Bonchev–Trinajstić information content (AvgIpc) is 2.42. The Morgan fingerprint density at radius 3 is 2.42 bits per heavy atom. The van der Waals surface area contributed by atoms with E-state index in [4.69, 9.17) is 9.47 Å². The molecule has 1 rings (SSSR count). The molecule has 106 valence electrons. The van der Waals surface area contributed by atoms with E-state index in [1.807, 2.05) is 0 Å². The molecule has 0 aromatic heterocycles. The van der Waals surface area contributed by atoms with Gasteiger partial charge in [0, 0.05) is 18.7 Å². The molecule has 0 saturated carbocycles. The van der Waals surface area contributed by atoms with Gasteiger partial charge in [-0.3, -0.25) is 10.1 Å². The molecular formula is C14H21NO4. The van der Waals surface area contributed by atoms with Gasteiger partial charge in [0.05, 0.1) is 11.5 Å². The van der Waals surface area contributed by atoms with Crippen LogP contribution in [0.1, 0.15) is 32.6 Å². The van der Waals surface area contributed by atoms with E-state index in [9.17, 15) is 10.1 Å². The van der Waals surface area contributed by atoms with Crippen LogP contribution in [0, 0.1) is 10.1 Å². The number of nitro benzene ring substituents is 1. The maximum atomic E-state index is 10.5. The largest absolute Gasteiger partial charge is 0.491 e. The Hall–Kier alpha value is -1.62. The molecule has 0 radical (unpaired) electrons. The van der Waals surface area contributed by atoms with Gasteiger partial charge in [-0.1, -0.05) is 26.2 Å². The fourth-order valence-corrected chi connectivity index (χ4v) is 1.62. The highest BCUT2D eigenvalue weighted by Crippen LogP contribution is 2.17. The van der Waals surface area contributed by atoms with Gasteiger partial charge in [-0.15, -0.1) is 0 Å². The molecule has 0 aliphatic rings. The van der Waals surface area contributed by atoms with E-state index < -0.39 is 4.92 Å². The summed E-state index contributed by atoms with van der Waals surface area (Å²) in [5.41, 5.74) is 0.0690. The normalized spacial score (nSPS) is 10.4. The number of nitro groups is 1. The van der Waals surface area contributed by atoms with Gasteiger partial charge in [-0.05, 0) is 18.6 Å². The van der Waals surface area contributed by atoms with Crippen LogP contribution in [0.25, 0.3) is 0 Å². The van der Waals surface area contributed by atoms with E-state index in [-0.39, 0.29) is 5.69 Å². The molecule has 19 heavy (non-hydrogen) atoms. The third kappa shape index (κ3) is 6.76. The van der Waals surface area contributed by atoms with Crippen molar-refractivity contribution in [1.82, 2.24) is 0 Å². The molecule has 0 N–H and O–H groups in total. The smallest absolute Gasteiger partial charge is 0.269 e. The van der Waals surface area contributed by atoms with E-state index in [0.717, 1.165) is 13.0 Å². The molecule has 0 unspecified atom stereocenters.